The highest BCUT2D eigenvalue weighted by Gasteiger charge is 2.00. The number of carbonyl (C=O) groups excluding carboxylic acids is 1. The number of allylic oxidation sites excluding steroid dienone is 5. The second-order valence-electron chi connectivity index (χ2n) is 1.90. The van der Waals surface area contributed by atoms with E-state index in [0.29, 0.717) is 10.9 Å². The molecule has 60 valence electrons. The van der Waals surface area contributed by atoms with Crippen LogP contribution in [-0.2, 0) is 4.79 Å². The van der Waals surface area contributed by atoms with Gasteiger partial charge in [-0.25, -0.2) is 0 Å². The van der Waals surface area contributed by atoms with Crippen LogP contribution in [0, 0.1) is 0 Å². The molecule has 0 aromatic heterocycles. The van der Waals surface area contributed by atoms with Gasteiger partial charge < -0.3 is 0 Å². The Hall–Kier alpha value is -0.630. The molecule has 11 heavy (non-hydrogen) atoms. The van der Waals surface area contributed by atoms with Gasteiger partial charge in [-0.2, -0.15) is 0 Å². The molecule has 0 unspecified atom stereocenters. The number of ketones is 1. The second-order valence-corrected chi connectivity index (χ2v) is 2.46. The van der Waals surface area contributed by atoms with Gasteiger partial charge in [-0.3, -0.25) is 4.79 Å². The molecule has 2 heteroatoms. The third-order valence-electron chi connectivity index (χ3n) is 1.17. The van der Waals surface area contributed by atoms with Gasteiger partial charge in [0.05, 0.1) is 5.33 Å². The largest absolute Gasteiger partial charge is 0.293 e. The second kappa shape index (κ2) is 6.10. The fourth-order valence-corrected chi connectivity index (χ4v) is 0.923. The molecular weight excluding hydrogens is 204 g/mol. The summed E-state index contributed by atoms with van der Waals surface area (Å²) in [5, 5.41) is 0.369. The van der Waals surface area contributed by atoms with E-state index in [-0.39, 0.29) is 5.78 Å². The van der Waals surface area contributed by atoms with Gasteiger partial charge in [-0.05, 0) is 6.92 Å². The number of hydrogen-bond donors (Lipinski definition) is 0. The van der Waals surface area contributed by atoms with Crippen LogP contribution >= 0.6 is 15.9 Å². The van der Waals surface area contributed by atoms with E-state index in [4.69, 9.17) is 0 Å². The lowest BCUT2D eigenvalue weighted by Crippen LogP contribution is -2.00. The van der Waals surface area contributed by atoms with Crippen LogP contribution in [0.2, 0.25) is 0 Å². The van der Waals surface area contributed by atoms with Crippen LogP contribution < -0.4 is 0 Å². The molecule has 0 saturated heterocycles. The van der Waals surface area contributed by atoms with Crippen molar-refractivity contribution in [1.29, 1.82) is 0 Å². The number of halogens is 1. The minimum Gasteiger partial charge on any atom is -0.293 e. The number of alkyl halides is 1. The van der Waals surface area contributed by atoms with Gasteiger partial charge in [0.2, 0.25) is 0 Å². The Morgan fingerprint density at radius 2 is 2.27 bits per heavy atom. The standard InChI is InChI=1S/C9H11BrO/c1-3-5-6-8(4-2)9(11)7-10/h3-6H,1,7H2,2H3/b6-5-,8-4+. The Morgan fingerprint density at radius 3 is 2.64 bits per heavy atom. The van der Waals surface area contributed by atoms with Crippen LogP contribution in [0.3, 0.4) is 0 Å². The minimum absolute atomic E-state index is 0.0885. The van der Waals surface area contributed by atoms with E-state index in [9.17, 15) is 4.79 Å². The lowest BCUT2D eigenvalue weighted by atomic mass is 10.1. The summed E-state index contributed by atoms with van der Waals surface area (Å²) in [6.45, 7) is 5.35. The maximum Gasteiger partial charge on any atom is 0.173 e. The highest BCUT2D eigenvalue weighted by Crippen LogP contribution is 2.01. The SMILES string of the molecule is C=C/C=C\C(=C/C)C(=O)CBr. The lowest BCUT2D eigenvalue weighted by Gasteiger charge is -1.93. The molecule has 0 bridgehead atoms. The van der Waals surface area contributed by atoms with Crippen LogP contribution in [0.1, 0.15) is 6.92 Å². The molecule has 0 aromatic carbocycles. The van der Waals surface area contributed by atoms with Crippen LogP contribution in [0.15, 0.2) is 36.5 Å². The number of carbonyl (C=O) groups is 1. The maximum absolute atomic E-state index is 11.0. The van der Waals surface area contributed by atoms with Gasteiger partial charge in [0.1, 0.15) is 0 Å². The van der Waals surface area contributed by atoms with E-state index in [0.717, 1.165) is 0 Å². The first-order chi connectivity index (χ1) is 5.26. The smallest absolute Gasteiger partial charge is 0.173 e. The van der Waals surface area contributed by atoms with Gasteiger partial charge in [0.15, 0.2) is 5.78 Å². The summed E-state index contributed by atoms with van der Waals surface area (Å²) in [5.41, 5.74) is 0.710. The van der Waals surface area contributed by atoms with E-state index < -0.39 is 0 Å². The predicted molar refractivity (Wildman–Crippen MR) is 51.9 cm³/mol. The highest BCUT2D eigenvalue weighted by atomic mass is 79.9. The van der Waals surface area contributed by atoms with Crippen LogP contribution in [0.4, 0.5) is 0 Å². The molecule has 0 rings (SSSR count). The van der Waals surface area contributed by atoms with Crippen LogP contribution in [0.25, 0.3) is 0 Å². The molecular formula is C9H11BrO. The molecule has 1 nitrogen and oxygen atoms in total. The highest BCUT2D eigenvalue weighted by molar-refractivity contribution is 9.09. The van der Waals surface area contributed by atoms with Gasteiger partial charge in [0.25, 0.3) is 0 Å². The Kier molecular flexibility index (Phi) is 5.75. The van der Waals surface area contributed by atoms with Crippen LogP contribution in [0.5, 0.6) is 0 Å². The molecule has 0 fully saturated rings. The topological polar surface area (TPSA) is 17.1 Å². The van der Waals surface area contributed by atoms with E-state index >= 15 is 0 Å². The molecule has 0 N–H and O–H groups in total. The quantitative estimate of drug-likeness (QED) is 0.400. The number of hydrogen-bond acceptors (Lipinski definition) is 1. The zero-order valence-corrected chi connectivity index (χ0v) is 8.10. The molecule has 0 spiro atoms. The Balaban J connectivity index is 4.31. The lowest BCUT2D eigenvalue weighted by molar-refractivity contribution is -0.112. The predicted octanol–water partition coefficient (Wildman–Crippen LogP) is 2.64. The number of rotatable bonds is 4. The third kappa shape index (κ3) is 3.94. The summed E-state index contributed by atoms with van der Waals surface area (Å²) in [7, 11) is 0. The number of Topliss-reactive ketones (excluding diaryl/α,β-unsaturated/α-hetero) is 1. The zero-order chi connectivity index (χ0) is 8.69. The Labute approximate surface area is 75.6 Å². The van der Waals surface area contributed by atoms with Crippen molar-refractivity contribution in [2.45, 2.75) is 6.92 Å². The zero-order valence-electron chi connectivity index (χ0n) is 6.51. The van der Waals surface area contributed by atoms with Crippen molar-refractivity contribution in [1.82, 2.24) is 0 Å². The van der Waals surface area contributed by atoms with Gasteiger partial charge in [-0.1, -0.05) is 46.8 Å². The molecule has 0 saturated carbocycles. The fraction of sp³-hybridized carbons (Fsp3) is 0.222. The normalized spacial score (nSPS) is 12.0. The molecule has 0 heterocycles. The Morgan fingerprint density at radius 1 is 1.64 bits per heavy atom. The van der Waals surface area contributed by atoms with Gasteiger partial charge >= 0.3 is 0 Å². The summed E-state index contributed by atoms with van der Waals surface area (Å²) in [4.78, 5) is 11.0. The van der Waals surface area contributed by atoms with Crippen molar-refractivity contribution >= 4 is 21.7 Å². The molecule has 0 aliphatic carbocycles. The van der Waals surface area contributed by atoms with Crippen molar-refractivity contribution in [3.63, 3.8) is 0 Å². The van der Waals surface area contributed by atoms with Gasteiger partial charge in [-0.15, -0.1) is 0 Å². The summed E-state index contributed by atoms with van der Waals surface area (Å²) >= 11 is 3.10. The maximum atomic E-state index is 11.0. The first-order valence-corrected chi connectivity index (χ1v) is 4.43. The van der Waals surface area contributed by atoms with Crippen molar-refractivity contribution in [3.05, 3.63) is 36.5 Å². The summed E-state index contributed by atoms with van der Waals surface area (Å²) < 4.78 is 0. The molecule has 0 aliphatic heterocycles. The average Bonchev–Trinajstić information content (AvgIpc) is 2.05. The van der Waals surface area contributed by atoms with E-state index in [2.05, 4.69) is 22.5 Å². The Bertz CT molecular complexity index is 202. The monoisotopic (exact) mass is 214 g/mol. The first-order valence-electron chi connectivity index (χ1n) is 3.30. The van der Waals surface area contributed by atoms with Crippen molar-refractivity contribution < 1.29 is 4.79 Å². The molecule has 0 radical (unpaired) electrons. The van der Waals surface area contributed by atoms with Crippen LogP contribution in [-0.4, -0.2) is 11.1 Å². The van der Waals surface area contributed by atoms with Gasteiger partial charge in [0, 0.05) is 5.57 Å². The van der Waals surface area contributed by atoms with Crippen molar-refractivity contribution in [2.75, 3.05) is 5.33 Å². The van der Waals surface area contributed by atoms with E-state index in [1.54, 1.807) is 24.3 Å². The first kappa shape index (κ1) is 10.4. The van der Waals surface area contributed by atoms with Crippen molar-refractivity contribution in [3.8, 4) is 0 Å². The minimum atomic E-state index is 0.0885. The summed E-state index contributed by atoms with van der Waals surface area (Å²) in [5.74, 6) is 0.0885. The fourth-order valence-electron chi connectivity index (χ4n) is 0.599. The summed E-state index contributed by atoms with van der Waals surface area (Å²) in [6, 6.07) is 0. The molecule has 0 aromatic rings. The van der Waals surface area contributed by atoms with Crippen molar-refractivity contribution in [2.24, 2.45) is 0 Å². The molecule has 0 atom stereocenters. The third-order valence-corrected chi connectivity index (χ3v) is 1.68. The molecule has 0 aliphatic rings. The average molecular weight is 215 g/mol. The van der Waals surface area contributed by atoms with E-state index in [1.165, 1.54) is 0 Å². The molecule has 0 amide bonds. The van der Waals surface area contributed by atoms with E-state index in [1.807, 2.05) is 6.92 Å². The summed E-state index contributed by atoms with van der Waals surface area (Å²) in [6.07, 6.45) is 6.92.